The summed E-state index contributed by atoms with van der Waals surface area (Å²) in [6.07, 6.45) is 4.33. The first-order valence-electron chi connectivity index (χ1n) is 7.73. The van der Waals surface area contributed by atoms with Crippen LogP contribution in [0.2, 0.25) is 0 Å². The second-order valence-electron chi connectivity index (χ2n) is 6.49. The lowest BCUT2D eigenvalue weighted by molar-refractivity contribution is -0.164. The van der Waals surface area contributed by atoms with Gasteiger partial charge in [0.05, 0.1) is 11.7 Å². The molecule has 0 spiro atoms. The van der Waals surface area contributed by atoms with Gasteiger partial charge in [0.15, 0.2) is 0 Å². The minimum absolute atomic E-state index is 0.167. The minimum atomic E-state index is -0.695. The Hall–Kier alpha value is -0.900. The number of aliphatic hydroxyl groups is 1. The summed E-state index contributed by atoms with van der Waals surface area (Å²) in [7, 11) is 0. The average molecular weight is 275 g/mol. The zero-order valence-corrected chi connectivity index (χ0v) is 12.3. The van der Waals surface area contributed by atoms with E-state index in [0.29, 0.717) is 26.0 Å². The molecule has 0 saturated carbocycles. The van der Waals surface area contributed by atoms with Gasteiger partial charge in [0.25, 0.3) is 0 Å². The summed E-state index contributed by atoms with van der Waals surface area (Å²) in [4.78, 5) is 0. The van der Waals surface area contributed by atoms with Crippen LogP contribution in [-0.2, 0) is 17.6 Å². The Morgan fingerprint density at radius 1 is 1.30 bits per heavy atom. The Balaban J connectivity index is 1.91. The molecule has 1 saturated heterocycles. The molecule has 1 heterocycles. The predicted molar refractivity (Wildman–Crippen MR) is 79.6 cm³/mol. The van der Waals surface area contributed by atoms with Crippen LogP contribution in [0.25, 0.3) is 0 Å². The van der Waals surface area contributed by atoms with E-state index in [1.165, 1.54) is 11.1 Å². The molecule has 0 aromatic heterocycles. The molecule has 1 aromatic rings. The third-order valence-corrected chi connectivity index (χ3v) is 5.44. The molecule has 1 aromatic carbocycles. The molecule has 1 fully saturated rings. The summed E-state index contributed by atoms with van der Waals surface area (Å²) in [6.45, 7) is 3.30. The SMILES string of the molecule is CCC1CC(O)(C2(CN)Cc3ccccc3C2)CCO1. The van der Waals surface area contributed by atoms with Crippen molar-refractivity contribution in [2.75, 3.05) is 13.2 Å². The van der Waals surface area contributed by atoms with Crippen molar-refractivity contribution in [3.05, 3.63) is 35.4 Å². The molecule has 110 valence electrons. The van der Waals surface area contributed by atoms with E-state index in [2.05, 4.69) is 31.2 Å². The summed E-state index contributed by atoms with van der Waals surface area (Å²) in [6, 6.07) is 8.50. The van der Waals surface area contributed by atoms with Crippen LogP contribution in [-0.4, -0.2) is 30.0 Å². The second kappa shape index (κ2) is 5.14. The van der Waals surface area contributed by atoms with Crippen LogP contribution in [0, 0.1) is 5.41 Å². The maximum absolute atomic E-state index is 11.3. The van der Waals surface area contributed by atoms with Crippen molar-refractivity contribution < 1.29 is 9.84 Å². The maximum atomic E-state index is 11.3. The lowest BCUT2D eigenvalue weighted by Gasteiger charge is -2.49. The zero-order chi connectivity index (χ0) is 14.2. The van der Waals surface area contributed by atoms with Gasteiger partial charge >= 0.3 is 0 Å². The van der Waals surface area contributed by atoms with E-state index in [9.17, 15) is 5.11 Å². The Labute approximate surface area is 121 Å². The molecule has 1 aliphatic carbocycles. The molecule has 3 rings (SSSR count). The number of hydrogen-bond acceptors (Lipinski definition) is 3. The van der Waals surface area contributed by atoms with E-state index in [-0.39, 0.29) is 11.5 Å². The van der Waals surface area contributed by atoms with Crippen molar-refractivity contribution in [1.29, 1.82) is 0 Å². The monoisotopic (exact) mass is 275 g/mol. The van der Waals surface area contributed by atoms with Crippen LogP contribution in [0.5, 0.6) is 0 Å². The number of fused-ring (bicyclic) bond motifs is 1. The fourth-order valence-electron chi connectivity index (χ4n) is 4.03. The first-order valence-corrected chi connectivity index (χ1v) is 7.73. The van der Waals surface area contributed by atoms with Crippen molar-refractivity contribution in [1.82, 2.24) is 0 Å². The Morgan fingerprint density at radius 3 is 2.50 bits per heavy atom. The number of rotatable bonds is 3. The lowest BCUT2D eigenvalue weighted by Crippen LogP contribution is -2.57. The van der Waals surface area contributed by atoms with E-state index in [0.717, 1.165) is 19.3 Å². The Kier molecular flexibility index (Phi) is 3.61. The fourth-order valence-corrected chi connectivity index (χ4v) is 4.03. The van der Waals surface area contributed by atoms with Gasteiger partial charge in [-0.05, 0) is 30.4 Å². The molecular weight excluding hydrogens is 250 g/mol. The van der Waals surface area contributed by atoms with E-state index in [1.807, 2.05) is 0 Å². The van der Waals surface area contributed by atoms with E-state index in [4.69, 9.17) is 10.5 Å². The maximum Gasteiger partial charge on any atom is 0.0768 e. The van der Waals surface area contributed by atoms with Crippen LogP contribution < -0.4 is 5.73 Å². The van der Waals surface area contributed by atoms with Crippen LogP contribution >= 0.6 is 0 Å². The number of benzene rings is 1. The molecular formula is C17H25NO2. The predicted octanol–water partition coefficient (Wildman–Crippen LogP) is 2.05. The summed E-state index contributed by atoms with van der Waals surface area (Å²) in [5.74, 6) is 0. The van der Waals surface area contributed by atoms with Gasteiger partial charge in [-0.25, -0.2) is 0 Å². The van der Waals surface area contributed by atoms with Crippen molar-refractivity contribution in [2.45, 2.75) is 50.7 Å². The van der Waals surface area contributed by atoms with E-state index < -0.39 is 5.60 Å². The summed E-state index contributed by atoms with van der Waals surface area (Å²) < 4.78 is 5.75. The topological polar surface area (TPSA) is 55.5 Å². The van der Waals surface area contributed by atoms with Crippen LogP contribution in [0.15, 0.2) is 24.3 Å². The van der Waals surface area contributed by atoms with E-state index >= 15 is 0 Å². The number of nitrogens with two attached hydrogens (primary N) is 1. The smallest absolute Gasteiger partial charge is 0.0768 e. The second-order valence-corrected chi connectivity index (χ2v) is 6.49. The van der Waals surface area contributed by atoms with Gasteiger partial charge in [-0.15, -0.1) is 0 Å². The quantitative estimate of drug-likeness (QED) is 0.887. The van der Waals surface area contributed by atoms with Crippen LogP contribution in [0.1, 0.15) is 37.3 Å². The number of hydrogen-bond donors (Lipinski definition) is 2. The van der Waals surface area contributed by atoms with Crippen molar-refractivity contribution in [2.24, 2.45) is 11.1 Å². The first kappa shape index (κ1) is 14.1. The third kappa shape index (κ3) is 2.09. The summed E-state index contributed by atoms with van der Waals surface area (Å²) in [5.41, 5.74) is 7.95. The highest BCUT2D eigenvalue weighted by Crippen LogP contribution is 2.49. The van der Waals surface area contributed by atoms with Gasteiger partial charge in [0, 0.05) is 31.4 Å². The summed E-state index contributed by atoms with van der Waals surface area (Å²) in [5, 5.41) is 11.3. The van der Waals surface area contributed by atoms with Crippen LogP contribution in [0.4, 0.5) is 0 Å². The molecule has 0 amide bonds. The van der Waals surface area contributed by atoms with Crippen molar-refractivity contribution >= 4 is 0 Å². The van der Waals surface area contributed by atoms with Crippen LogP contribution in [0.3, 0.4) is 0 Å². The fraction of sp³-hybridized carbons (Fsp3) is 0.647. The van der Waals surface area contributed by atoms with Gasteiger partial charge in [-0.1, -0.05) is 31.2 Å². The van der Waals surface area contributed by atoms with E-state index in [1.54, 1.807) is 0 Å². The molecule has 2 aliphatic rings. The van der Waals surface area contributed by atoms with Gasteiger partial charge in [0.2, 0.25) is 0 Å². The Morgan fingerprint density at radius 2 is 1.95 bits per heavy atom. The lowest BCUT2D eigenvalue weighted by atomic mass is 9.64. The Bertz CT molecular complexity index is 463. The standard InChI is InChI=1S/C17H25NO2/c1-2-15-11-17(19,7-8-20-15)16(12-18)9-13-5-3-4-6-14(13)10-16/h3-6,15,19H,2,7-12,18H2,1H3. The van der Waals surface area contributed by atoms with Gasteiger partial charge in [-0.2, -0.15) is 0 Å². The molecule has 2 atom stereocenters. The van der Waals surface area contributed by atoms with Gasteiger partial charge in [0.1, 0.15) is 0 Å². The largest absolute Gasteiger partial charge is 0.389 e. The normalized spacial score (nSPS) is 32.0. The molecule has 20 heavy (non-hydrogen) atoms. The molecule has 1 aliphatic heterocycles. The van der Waals surface area contributed by atoms with Crippen molar-refractivity contribution in [3.8, 4) is 0 Å². The highest BCUT2D eigenvalue weighted by molar-refractivity contribution is 5.36. The number of ether oxygens (including phenoxy) is 1. The molecule has 0 radical (unpaired) electrons. The molecule has 3 N–H and O–H groups in total. The molecule has 3 nitrogen and oxygen atoms in total. The van der Waals surface area contributed by atoms with Gasteiger partial charge in [-0.3, -0.25) is 0 Å². The third-order valence-electron chi connectivity index (χ3n) is 5.44. The molecule has 0 bridgehead atoms. The highest BCUT2D eigenvalue weighted by Gasteiger charge is 2.54. The minimum Gasteiger partial charge on any atom is -0.389 e. The van der Waals surface area contributed by atoms with Crippen molar-refractivity contribution in [3.63, 3.8) is 0 Å². The zero-order valence-electron chi connectivity index (χ0n) is 12.3. The summed E-state index contributed by atoms with van der Waals surface area (Å²) >= 11 is 0. The highest BCUT2D eigenvalue weighted by atomic mass is 16.5. The molecule has 3 heteroatoms. The average Bonchev–Trinajstić information content (AvgIpc) is 2.87. The molecule has 2 unspecified atom stereocenters. The first-order chi connectivity index (χ1) is 9.62. The van der Waals surface area contributed by atoms with Gasteiger partial charge < -0.3 is 15.6 Å².